The topological polar surface area (TPSA) is 75.4 Å². The van der Waals surface area contributed by atoms with Crippen LogP contribution in [0.5, 0.6) is 0 Å². The zero-order valence-corrected chi connectivity index (χ0v) is 10.8. The molecular weight excluding hydrogens is 234 g/mol. The van der Waals surface area contributed by atoms with E-state index in [-0.39, 0.29) is 17.9 Å². The summed E-state index contributed by atoms with van der Waals surface area (Å²) in [5.74, 6) is -0.745. The summed E-state index contributed by atoms with van der Waals surface area (Å²) in [7, 11) is 0. The minimum Gasteiger partial charge on any atom is -0.480 e. The van der Waals surface area contributed by atoms with E-state index >= 15 is 0 Å². The third-order valence-electron chi connectivity index (χ3n) is 2.48. The van der Waals surface area contributed by atoms with Gasteiger partial charge in [0.05, 0.1) is 0 Å². The van der Waals surface area contributed by atoms with Crippen molar-refractivity contribution in [1.82, 2.24) is 9.55 Å². The maximum absolute atomic E-state index is 12.1. The number of nitrogens with zero attached hydrogens (tertiary/aromatic N) is 3. The average Bonchev–Trinajstić information content (AvgIpc) is 2.31. The van der Waals surface area contributed by atoms with Gasteiger partial charge in [-0.2, -0.15) is 0 Å². The summed E-state index contributed by atoms with van der Waals surface area (Å²) in [5.41, 5.74) is -0.228. The van der Waals surface area contributed by atoms with Crippen molar-refractivity contribution in [3.8, 4) is 0 Å². The van der Waals surface area contributed by atoms with Crippen LogP contribution in [0.3, 0.4) is 0 Å². The highest BCUT2D eigenvalue weighted by Gasteiger charge is 2.15. The SMILES string of the molecule is CCCN(CC(=O)O)c1nccn(CCC)c1=O. The molecule has 1 N–H and O–H groups in total. The van der Waals surface area contributed by atoms with E-state index in [9.17, 15) is 9.59 Å². The maximum Gasteiger partial charge on any atom is 0.323 e. The van der Waals surface area contributed by atoms with Gasteiger partial charge in [0.1, 0.15) is 6.54 Å². The van der Waals surface area contributed by atoms with Crippen LogP contribution in [-0.4, -0.2) is 33.7 Å². The van der Waals surface area contributed by atoms with Gasteiger partial charge >= 0.3 is 5.97 Å². The van der Waals surface area contributed by atoms with Crippen LogP contribution in [0.1, 0.15) is 26.7 Å². The Morgan fingerprint density at radius 2 is 2.17 bits per heavy atom. The van der Waals surface area contributed by atoms with Gasteiger partial charge in [0.15, 0.2) is 5.82 Å². The summed E-state index contributed by atoms with van der Waals surface area (Å²) < 4.78 is 1.56. The first-order chi connectivity index (χ1) is 8.60. The van der Waals surface area contributed by atoms with Crippen LogP contribution >= 0.6 is 0 Å². The van der Waals surface area contributed by atoms with Crippen molar-refractivity contribution in [2.45, 2.75) is 33.2 Å². The highest BCUT2D eigenvalue weighted by Crippen LogP contribution is 2.04. The fourth-order valence-electron chi connectivity index (χ4n) is 1.76. The number of aryl methyl sites for hydroxylation is 1. The summed E-state index contributed by atoms with van der Waals surface area (Å²) >= 11 is 0. The number of rotatable bonds is 7. The lowest BCUT2D eigenvalue weighted by Crippen LogP contribution is -2.37. The maximum atomic E-state index is 12.1. The monoisotopic (exact) mass is 253 g/mol. The lowest BCUT2D eigenvalue weighted by molar-refractivity contribution is -0.135. The first kappa shape index (κ1) is 14.2. The minimum atomic E-state index is -0.962. The van der Waals surface area contributed by atoms with Gasteiger partial charge in [-0.05, 0) is 12.8 Å². The number of aromatic nitrogens is 2. The highest BCUT2D eigenvalue weighted by molar-refractivity contribution is 5.73. The molecule has 6 nitrogen and oxygen atoms in total. The van der Waals surface area contributed by atoms with Crippen molar-refractivity contribution in [2.75, 3.05) is 18.0 Å². The third-order valence-corrected chi connectivity index (χ3v) is 2.48. The van der Waals surface area contributed by atoms with Gasteiger partial charge in [0.2, 0.25) is 0 Å². The standard InChI is InChI=1S/C12H19N3O3/c1-3-6-14-8-5-13-11(12(14)18)15(7-4-2)9-10(16)17/h5,8H,3-4,6-7,9H2,1-2H3,(H,16,17). The van der Waals surface area contributed by atoms with Gasteiger partial charge in [-0.15, -0.1) is 0 Å². The predicted octanol–water partition coefficient (Wildman–Crippen LogP) is 0.954. The molecule has 0 saturated heterocycles. The molecule has 100 valence electrons. The molecule has 0 aliphatic rings. The lowest BCUT2D eigenvalue weighted by atomic mass is 10.4. The summed E-state index contributed by atoms with van der Waals surface area (Å²) in [5, 5.41) is 8.86. The predicted molar refractivity (Wildman–Crippen MR) is 68.9 cm³/mol. The highest BCUT2D eigenvalue weighted by atomic mass is 16.4. The Morgan fingerprint density at radius 3 is 2.72 bits per heavy atom. The third kappa shape index (κ3) is 3.58. The van der Waals surface area contributed by atoms with Crippen molar-refractivity contribution in [3.63, 3.8) is 0 Å². The van der Waals surface area contributed by atoms with Gasteiger partial charge in [-0.3, -0.25) is 9.59 Å². The van der Waals surface area contributed by atoms with Crippen LogP contribution in [0.4, 0.5) is 5.82 Å². The normalized spacial score (nSPS) is 10.3. The van der Waals surface area contributed by atoms with E-state index in [1.165, 1.54) is 11.1 Å². The number of hydrogen-bond acceptors (Lipinski definition) is 4. The molecule has 0 atom stereocenters. The molecule has 1 aromatic rings. The second-order valence-corrected chi connectivity index (χ2v) is 4.06. The Hall–Kier alpha value is -1.85. The van der Waals surface area contributed by atoms with Crippen LogP contribution < -0.4 is 10.5 Å². The van der Waals surface area contributed by atoms with Gasteiger partial charge < -0.3 is 14.6 Å². The molecule has 0 bridgehead atoms. The minimum absolute atomic E-state index is 0.202. The van der Waals surface area contributed by atoms with Gasteiger partial charge in [-0.1, -0.05) is 13.8 Å². The smallest absolute Gasteiger partial charge is 0.323 e. The van der Waals surface area contributed by atoms with Crippen molar-refractivity contribution >= 4 is 11.8 Å². The first-order valence-corrected chi connectivity index (χ1v) is 6.12. The molecule has 6 heteroatoms. The Balaban J connectivity index is 3.07. The molecule has 0 unspecified atom stereocenters. The van der Waals surface area contributed by atoms with Crippen LogP contribution in [0.25, 0.3) is 0 Å². The molecule has 0 aromatic carbocycles. The van der Waals surface area contributed by atoms with Crippen LogP contribution in [-0.2, 0) is 11.3 Å². The molecule has 1 heterocycles. The van der Waals surface area contributed by atoms with Crippen LogP contribution in [0.2, 0.25) is 0 Å². The van der Waals surface area contributed by atoms with Crippen LogP contribution in [0.15, 0.2) is 17.2 Å². The molecule has 0 amide bonds. The molecule has 1 rings (SSSR count). The van der Waals surface area contributed by atoms with Gasteiger partial charge in [0, 0.05) is 25.5 Å². The number of hydrogen-bond donors (Lipinski definition) is 1. The van der Waals surface area contributed by atoms with Crippen LogP contribution in [0, 0.1) is 0 Å². The molecule has 0 aliphatic heterocycles. The molecule has 0 saturated carbocycles. The van der Waals surface area contributed by atoms with E-state index in [4.69, 9.17) is 5.11 Å². The van der Waals surface area contributed by atoms with Gasteiger partial charge in [-0.25, -0.2) is 4.98 Å². The van der Waals surface area contributed by atoms with Crippen molar-refractivity contribution in [2.24, 2.45) is 0 Å². The Kier molecular flexibility index (Phi) is 5.35. The molecule has 0 aliphatic carbocycles. The molecule has 0 fully saturated rings. The summed E-state index contributed by atoms with van der Waals surface area (Å²) in [6, 6.07) is 0. The van der Waals surface area contributed by atoms with E-state index < -0.39 is 5.97 Å². The summed E-state index contributed by atoms with van der Waals surface area (Å²) in [6.45, 7) is 4.83. The second kappa shape index (κ2) is 6.78. The van der Waals surface area contributed by atoms with E-state index in [1.54, 1.807) is 10.8 Å². The van der Waals surface area contributed by atoms with E-state index in [1.807, 2.05) is 13.8 Å². The zero-order valence-electron chi connectivity index (χ0n) is 10.8. The Bertz CT molecular complexity index is 456. The van der Waals surface area contributed by atoms with E-state index in [0.717, 1.165) is 12.8 Å². The fourth-order valence-corrected chi connectivity index (χ4v) is 1.76. The number of aliphatic carboxylic acids is 1. The molecule has 1 aromatic heterocycles. The number of anilines is 1. The average molecular weight is 253 g/mol. The summed E-state index contributed by atoms with van der Waals surface area (Å²) in [4.78, 5) is 28.5. The molecule has 0 radical (unpaired) electrons. The van der Waals surface area contributed by atoms with Crippen molar-refractivity contribution < 1.29 is 9.90 Å². The first-order valence-electron chi connectivity index (χ1n) is 6.12. The van der Waals surface area contributed by atoms with Gasteiger partial charge in [0.25, 0.3) is 5.56 Å². The van der Waals surface area contributed by atoms with Crippen molar-refractivity contribution in [3.05, 3.63) is 22.7 Å². The second-order valence-electron chi connectivity index (χ2n) is 4.06. The quantitative estimate of drug-likeness (QED) is 0.783. The largest absolute Gasteiger partial charge is 0.480 e. The Labute approximate surface area is 106 Å². The zero-order chi connectivity index (χ0) is 13.5. The Morgan fingerprint density at radius 1 is 1.44 bits per heavy atom. The fraction of sp³-hybridized carbons (Fsp3) is 0.583. The lowest BCUT2D eigenvalue weighted by Gasteiger charge is -2.20. The molecule has 18 heavy (non-hydrogen) atoms. The van der Waals surface area contributed by atoms with Crippen molar-refractivity contribution in [1.29, 1.82) is 0 Å². The van der Waals surface area contributed by atoms with E-state index in [2.05, 4.69) is 4.98 Å². The van der Waals surface area contributed by atoms with E-state index in [0.29, 0.717) is 13.1 Å². The molecule has 0 spiro atoms. The number of carboxylic acids is 1. The number of carboxylic acid groups (broad SMARTS) is 1. The summed E-state index contributed by atoms with van der Waals surface area (Å²) in [6.07, 6.45) is 4.77. The number of carbonyl (C=O) groups is 1. The molecular formula is C12H19N3O3.